The molecule has 5 rings (SSSR count). The summed E-state index contributed by atoms with van der Waals surface area (Å²) in [5.41, 5.74) is 3.10. The van der Waals surface area contributed by atoms with Crippen molar-refractivity contribution in [3.8, 4) is 0 Å². The first-order chi connectivity index (χ1) is 12.1. The van der Waals surface area contributed by atoms with Crippen LogP contribution in [-0.4, -0.2) is 47.9 Å². The van der Waals surface area contributed by atoms with Gasteiger partial charge < -0.3 is 10.2 Å². The van der Waals surface area contributed by atoms with Crippen molar-refractivity contribution in [1.29, 1.82) is 0 Å². The van der Waals surface area contributed by atoms with E-state index in [9.17, 15) is 14.0 Å². The lowest BCUT2D eigenvalue weighted by Crippen LogP contribution is -2.68. The van der Waals surface area contributed by atoms with E-state index in [2.05, 4.69) is 20.4 Å². The highest BCUT2D eigenvalue weighted by molar-refractivity contribution is 6.00. The molecule has 2 bridgehead atoms. The maximum atomic E-state index is 14.2. The highest BCUT2D eigenvalue weighted by Crippen LogP contribution is 2.41. The van der Waals surface area contributed by atoms with Crippen molar-refractivity contribution in [1.82, 2.24) is 15.5 Å². The molecular weight excluding hydrogens is 323 g/mol. The summed E-state index contributed by atoms with van der Waals surface area (Å²) < 4.78 is 14.2. The van der Waals surface area contributed by atoms with Gasteiger partial charge in [-0.15, -0.1) is 0 Å². The standard InChI is InChI=1S/C18H21FN4O2/c19-11-3-10-8-22(15-1-2-17(24)21-18(15)25)9-14(10)16(4-11)23-12-5-13(23)7-20-6-12/h3-4,12-13,15,20H,1-2,5-9H2,(H,21,24,25). The van der Waals surface area contributed by atoms with Gasteiger partial charge in [0.05, 0.1) is 6.04 Å². The van der Waals surface area contributed by atoms with Gasteiger partial charge in [0.25, 0.3) is 0 Å². The van der Waals surface area contributed by atoms with Crippen LogP contribution in [0.1, 0.15) is 30.4 Å². The number of rotatable bonds is 2. The van der Waals surface area contributed by atoms with Gasteiger partial charge in [0.2, 0.25) is 11.8 Å². The van der Waals surface area contributed by atoms with Gasteiger partial charge in [-0.1, -0.05) is 0 Å². The molecule has 0 aromatic heterocycles. The monoisotopic (exact) mass is 344 g/mol. The molecule has 3 atom stereocenters. The number of imide groups is 1. The number of halogens is 1. The summed E-state index contributed by atoms with van der Waals surface area (Å²) in [6.45, 7) is 3.09. The van der Waals surface area contributed by atoms with Crippen LogP contribution in [0.15, 0.2) is 12.1 Å². The number of carbonyl (C=O) groups is 2. The van der Waals surface area contributed by atoms with E-state index in [0.29, 0.717) is 38.0 Å². The Bertz CT molecular complexity index is 754. The smallest absolute Gasteiger partial charge is 0.243 e. The average molecular weight is 344 g/mol. The summed E-state index contributed by atoms with van der Waals surface area (Å²) >= 11 is 0. The molecule has 3 fully saturated rings. The van der Waals surface area contributed by atoms with Crippen molar-refractivity contribution in [3.63, 3.8) is 0 Å². The minimum Gasteiger partial charge on any atom is -0.362 e. The van der Waals surface area contributed by atoms with Gasteiger partial charge in [0.15, 0.2) is 0 Å². The van der Waals surface area contributed by atoms with E-state index < -0.39 is 0 Å². The highest BCUT2D eigenvalue weighted by Gasteiger charge is 2.44. The fraction of sp³-hybridized carbons (Fsp3) is 0.556. The number of carbonyl (C=O) groups excluding carboxylic acids is 2. The molecule has 0 spiro atoms. The molecule has 0 saturated carbocycles. The van der Waals surface area contributed by atoms with Gasteiger partial charge in [-0.25, -0.2) is 4.39 Å². The van der Waals surface area contributed by atoms with Gasteiger partial charge in [-0.3, -0.25) is 19.8 Å². The van der Waals surface area contributed by atoms with Crippen LogP contribution in [0.5, 0.6) is 0 Å². The fourth-order valence-corrected chi connectivity index (χ4v) is 4.83. The van der Waals surface area contributed by atoms with E-state index in [-0.39, 0.29) is 23.7 Å². The van der Waals surface area contributed by atoms with Crippen LogP contribution in [0.2, 0.25) is 0 Å². The summed E-state index contributed by atoms with van der Waals surface area (Å²) in [4.78, 5) is 28.0. The summed E-state index contributed by atoms with van der Waals surface area (Å²) in [5.74, 6) is -0.640. The zero-order chi connectivity index (χ0) is 17.1. The van der Waals surface area contributed by atoms with Crippen molar-refractivity contribution >= 4 is 17.5 Å². The van der Waals surface area contributed by atoms with Crippen LogP contribution >= 0.6 is 0 Å². The van der Waals surface area contributed by atoms with E-state index in [1.54, 1.807) is 12.1 Å². The average Bonchev–Trinajstić information content (AvgIpc) is 2.99. The second kappa shape index (κ2) is 5.51. The van der Waals surface area contributed by atoms with Gasteiger partial charge in [0.1, 0.15) is 5.82 Å². The number of piperazine rings is 1. The van der Waals surface area contributed by atoms with Crippen molar-refractivity contribution in [2.75, 3.05) is 18.0 Å². The Labute approximate surface area is 145 Å². The third-order valence-electron chi connectivity index (χ3n) is 6.04. The lowest BCUT2D eigenvalue weighted by atomic mass is 9.87. The molecular formula is C18H21FN4O2. The van der Waals surface area contributed by atoms with E-state index in [1.807, 2.05) is 0 Å². The molecule has 7 heteroatoms. The van der Waals surface area contributed by atoms with Crippen molar-refractivity contribution in [3.05, 3.63) is 29.1 Å². The number of anilines is 1. The number of nitrogens with zero attached hydrogens (tertiary/aromatic N) is 2. The SMILES string of the molecule is O=C1CCC(N2Cc3cc(F)cc(N4C5CNCC4C5)c3C2)C(=O)N1. The molecule has 4 aliphatic heterocycles. The van der Waals surface area contributed by atoms with Crippen LogP contribution in [-0.2, 0) is 22.7 Å². The number of fused-ring (bicyclic) bond motifs is 3. The summed E-state index contributed by atoms with van der Waals surface area (Å²) in [5, 5.41) is 5.83. The Kier molecular flexibility index (Phi) is 3.36. The number of piperidine rings is 2. The molecule has 4 heterocycles. The second-order valence-electron chi connectivity index (χ2n) is 7.54. The first kappa shape index (κ1) is 15.3. The van der Waals surface area contributed by atoms with Gasteiger partial charge in [-0.05, 0) is 36.1 Å². The van der Waals surface area contributed by atoms with E-state index in [1.165, 1.54) is 0 Å². The number of hydrogen-bond donors (Lipinski definition) is 2. The topological polar surface area (TPSA) is 64.7 Å². The van der Waals surface area contributed by atoms with Gasteiger partial charge in [0, 0.05) is 50.4 Å². The molecule has 2 amide bonds. The van der Waals surface area contributed by atoms with Gasteiger partial charge >= 0.3 is 0 Å². The Morgan fingerprint density at radius 1 is 1.12 bits per heavy atom. The molecule has 25 heavy (non-hydrogen) atoms. The highest BCUT2D eigenvalue weighted by atomic mass is 19.1. The van der Waals surface area contributed by atoms with Crippen LogP contribution < -0.4 is 15.5 Å². The summed E-state index contributed by atoms with van der Waals surface area (Å²) in [6, 6.07) is 3.82. The van der Waals surface area contributed by atoms with Crippen molar-refractivity contribution in [2.24, 2.45) is 0 Å². The Morgan fingerprint density at radius 3 is 2.64 bits per heavy atom. The Hall–Kier alpha value is -1.99. The minimum atomic E-state index is -0.307. The van der Waals surface area contributed by atoms with Crippen LogP contribution in [0.4, 0.5) is 10.1 Å². The van der Waals surface area contributed by atoms with E-state index >= 15 is 0 Å². The molecule has 1 aromatic carbocycles. The predicted octanol–water partition coefficient (Wildman–Crippen LogP) is 0.497. The van der Waals surface area contributed by atoms with Crippen LogP contribution in [0.3, 0.4) is 0 Å². The molecule has 0 aliphatic carbocycles. The fourth-order valence-electron chi connectivity index (χ4n) is 4.83. The normalized spacial score (nSPS) is 31.6. The predicted molar refractivity (Wildman–Crippen MR) is 89.4 cm³/mol. The largest absolute Gasteiger partial charge is 0.362 e. The van der Waals surface area contributed by atoms with Crippen molar-refractivity contribution in [2.45, 2.75) is 50.5 Å². The zero-order valence-electron chi connectivity index (χ0n) is 13.9. The lowest BCUT2D eigenvalue weighted by molar-refractivity contribution is -0.137. The van der Waals surface area contributed by atoms with Crippen molar-refractivity contribution < 1.29 is 14.0 Å². The number of nitrogens with one attached hydrogen (secondary N) is 2. The molecule has 6 nitrogen and oxygen atoms in total. The summed E-state index contributed by atoms with van der Waals surface area (Å²) in [7, 11) is 0. The maximum Gasteiger partial charge on any atom is 0.243 e. The zero-order valence-corrected chi connectivity index (χ0v) is 13.9. The van der Waals surface area contributed by atoms with E-state index in [0.717, 1.165) is 36.3 Å². The lowest BCUT2D eigenvalue weighted by Gasteiger charge is -2.55. The Balaban J connectivity index is 1.44. The molecule has 1 aromatic rings. The molecule has 0 radical (unpaired) electrons. The first-order valence-corrected chi connectivity index (χ1v) is 8.98. The number of hydrogen-bond acceptors (Lipinski definition) is 5. The third-order valence-corrected chi connectivity index (χ3v) is 6.04. The summed E-state index contributed by atoms with van der Waals surface area (Å²) in [6.07, 6.45) is 2.07. The maximum absolute atomic E-state index is 14.2. The van der Waals surface area contributed by atoms with E-state index in [4.69, 9.17) is 0 Å². The quantitative estimate of drug-likeness (QED) is 0.765. The van der Waals surface area contributed by atoms with Crippen LogP contribution in [0, 0.1) is 5.82 Å². The van der Waals surface area contributed by atoms with Gasteiger partial charge in [-0.2, -0.15) is 0 Å². The first-order valence-electron chi connectivity index (χ1n) is 8.98. The van der Waals surface area contributed by atoms with Crippen LogP contribution in [0.25, 0.3) is 0 Å². The molecule has 132 valence electrons. The minimum absolute atomic E-state index is 0.203. The number of benzene rings is 1. The second-order valence-corrected chi connectivity index (χ2v) is 7.54. The molecule has 2 N–H and O–H groups in total. The molecule has 3 unspecified atom stereocenters. The number of amides is 2. The molecule has 3 saturated heterocycles. The molecule has 4 aliphatic rings. The third kappa shape index (κ3) is 2.37. The Morgan fingerprint density at radius 2 is 1.92 bits per heavy atom.